The highest BCUT2D eigenvalue weighted by atomic mass is 127. The number of ether oxygens (including phenoxy) is 1. The first-order valence-corrected chi connectivity index (χ1v) is 11.2. The van der Waals surface area contributed by atoms with Crippen LogP contribution in [0, 0.1) is 0 Å². The van der Waals surface area contributed by atoms with Gasteiger partial charge in [-0.25, -0.2) is 13.4 Å². The van der Waals surface area contributed by atoms with Crippen molar-refractivity contribution < 1.29 is 13.2 Å². The second-order valence-corrected chi connectivity index (χ2v) is 10.6. The normalized spacial score (nSPS) is 18.6. The first kappa shape index (κ1) is 25.2. The van der Waals surface area contributed by atoms with E-state index in [-0.39, 0.29) is 35.8 Å². The van der Waals surface area contributed by atoms with Crippen molar-refractivity contribution in [3.63, 3.8) is 0 Å². The second-order valence-electron chi connectivity index (χ2n) is 7.85. The Morgan fingerprint density at radius 2 is 1.86 bits per heavy atom. The summed E-state index contributed by atoms with van der Waals surface area (Å²) in [5.41, 5.74) is 2.26. The summed E-state index contributed by atoms with van der Waals surface area (Å²) in [6, 6.07) is 8.26. The summed E-state index contributed by atoms with van der Waals surface area (Å²) < 4.78 is 29.3. The zero-order valence-electron chi connectivity index (χ0n) is 17.6. The fourth-order valence-corrected chi connectivity index (χ4v) is 4.29. The highest BCUT2D eigenvalue weighted by Crippen LogP contribution is 2.23. The minimum absolute atomic E-state index is 0. The number of halogens is 1. The Kier molecular flexibility index (Phi) is 9.69. The van der Waals surface area contributed by atoms with E-state index in [0.717, 1.165) is 23.6 Å². The van der Waals surface area contributed by atoms with E-state index in [9.17, 15) is 8.42 Å². The molecule has 6 nitrogen and oxygen atoms in total. The number of benzene rings is 1. The molecule has 0 amide bonds. The molecule has 28 heavy (non-hydrogen) atoms. The van der Waals surface area contributed by atoms with E-state index in [1.807, 2.05) is 20.8 Å². The molecule has 0 aromatic heterocycles. The Bertz CT molecular complexity index is 746. The van der Waals surface area contributed by atoms with E-state index in [2.05, 4.69) is 34.5 Å². The fraction of sp³-hybridized carbons (Fsp3) is 0.650. The summed E-state index contributed by atoms with van der Waals surface area (Å²) in [4.78, 5) is 6.78. The van der Waals surface area contributed by atoms with Gasteiger partial charge in [0.25, 0.3) is 0 Å². The molecule has 0 bridgehead atoms. The van der Waals surface area contributed by atoms with Crippen LogP contribution in [0.3, 0.4) is 0 Å². The molecule has 0 atom stereocenters. The third kappa shape index (κ3) is 6.88. The molecule has 1 fully saturated rings. The van der Waals surface area contributed by atoms with Gasteiger partial charge in [-0.15, -0.1) is 24.0 Å². The van der Waals surface area contributed by atoms with Crippen LogP contribution in [0.2, 0.25) is 0 Å². The average Bonchev–Trinajstić information content (AvgIpc) is 2.60. The summed E-state index contributed by atoms with van der Waals surface area (Å²) in [7, 11) is -3.06. The van der Waals surface area contributed by atoms with Gasteiger partial charge in [-0.05, 0) is 45.7 Å². The number of guanidine groups is 1. The molecule has 1 N–H and O–H groups in total. The topological polar surface area (TPSA) is 71.0 Å². The highest BCUT2D eigenvalue weighted by Gasteiger charge is 2.40. The maximum atomic E-state index is 12.2. The molecule has 2 rings (SSSR count). The Morgan fingerprint density at radius 1 is 1.25 bits per heavy atom. The lowest BCUT2D eigenvalue weighted by atomic mass is 10.1. The number of nitrogens with one attached hydrogen (secondary N) is 1. The average molecular weight is 523 g/mol. The van der Waals surface area contributed by atoms with Crippen LogP contribution in [0.4, 0.5) is 0 Å². The number of sulfone groups is 1. The van der Waals surface area contributed by atoms with Crippen LogP contribution in [0.15, 0.2) is 29.3 Å². The second kappa shape index (κ2) is 10.8. The number of hydrogen-bond acceptors (Lipinski definition) is 4. The van der Waals surface area contributed by atoms with Gasteiger partial charge in [0.2, 0.25) is 0 Å². The Hall–Kier alpha value is -0.870. The van der Waals surface area contributed by atoms with E-state index in [4.69, 9.17) is 9.73 Å². The maximum absolute atomic E-state index is 12.2. The van der Waals surface area contributed by atoms with Gasteiger partial charge in [-0.1, -0.05) is 24.3 Å². The summed E-state index contributed by atoms with van der Waals surface area (Å²) in [6.07, 6.45) is 0.217. The quantitative estimate of drug-likeness (QED) is 0.353. The Labute approximate surface area is 187 Å². The van der Waals surface area contributed by atoms with Crippen LogP contribution in [0.1, 0.15) is 45.7 Å². The molecule has 0 unspecified atom stereocenters. The number of nitrogens with zero attached hydrogens (tertiary/aromatic N) is 2. The summed E-state index contributed by atoms with van der Waals surface area (Å²) in [6.45, 7) is 12.5. The molecule has 0 radical (unpaired) electrons. The van der Waals surface area contributed by atoms with Crippen molar-refractivity contribution in [3.05, 3.63) is 35.4 Å². The number of hydrogen-bond donors (Lipinski definition) is 1. The largest absolute Gasteiger partial charge is 0.374 e. The molecule has 0 saturated carbocycles. The third-order valence-corrected chi connectivity index (χ3v) is 7.23. The van der Waals surface area contributed by atoms with Crippen molar-refractivity contribution in [1.29, 1.82) is 0 Å². The van der Waals surface area contributed by atoms with E-state index in [1.165, 1.54) is 0 Å². The van der Waals surface area contributed by atoms with Gasteiger partial charge in [0.15, 0.2) is 15.8 Å². The monoisotopic (exact) mass is 523 g/mol. The minimum atomic E-state index is -3.06. The standard InChI is InChI=1S/C20H33N3O3S.HI/c1-6-21-19(23-11-12-27(24,25)20(4,5)15-23)22-13-17-7-9-18(10-8-17)14-26-16(2)3;/h7-10,16H,6,11-15H2,1-5H3,(H,21,22);1H. The first-order chi connectivity index (χ1) is 12.6. The van der Waals surface area contributed by atoms with Gasteiger partial charge in [0.05, 0.1) is 29.8 Å². The molecule has 1 aliphatic rings. The molecule has 1 aromatic carbocycles. The maximum Gasteiger partial charge on any atom is 0.194 e. The summed E-state index contributed by atoms with van der Waals surface area (Å²) in [5, 5.41) is 3.29. The van der Waals surface area contributed by atoms with E-state index >= 15 is 0 Å². The Morgan fingerprint density at radius 3 is 2.39 bits per heavy atom. The van der Waals surface area contributed by atoms with Crippen molar-refractivity contribution in [2.75, 3.05) is 25.4 Å². The Balaban J connectivity index is 0.00000392. The minimum Gasteiger partial charge on any atom is -0.374 e. The van der Waals surface area contributed by atoms with E-state index in [1.54, 1.807) is 13.8 Å². The summed E-state index contributed by atoms with van der Waals surface area (Å²) in [5.74, 6) is 0.933. The SMILES string of the molecule is CCNC(=NCc1ccc(COC(C)C)cc1)N1CCS(=O)(=O)C(C)(C)C1.I. The van der Waals surface area contributed by atoms with Crippen LogP contribution < -0.4 is 5.32 Å². The van der Waals surface area contributed by atoms with Gasteiger partial charge in [-0.2, -0.15) is 0 Å². The number of rotatable bonds is 6. The van der Waals surface area contributed by atoms with Crippen molar-refractivity contribution in [2.45, 2.75) is 58.6 Å². The smallest absolute Gasteiger partial charge is 0.194 e. The van der Waals surface area contributed by atoms with Gasteiger partial charge in [0.1, 0.15) is 0 Å². The lowest BCUT2D eigenvalue weighted by molar-refractivity contribution is 0.0657. The van der Waals surface area contributed by atoms with E-state index < -0.39 is 14.6 Å². The molecule has 0 spiro atoms. The predicted molar refractivity (Wildman–Crippen MR) is 126 cm³/mol. The van der Waals surface area contributed by atoms with Crippen LogP contribution in [0.5, 0.6) is 0 Å². The van der Waals surface area contributed by atoms with Crippen molar-refractivity contribution in [2.24, 2.45) is 4.99 Å². The van der Waals surface area contributed by atoms with Gasteiger partial charge in [-0.3, -0.25) is 0 Å². The molecular formula is C20H34IN3O3S. The van der Waals surface area contributed by atoms with E-state index in [0.29, 0.717) is 26.2 Å². The zero-order chi connectivity index (χ0) is 20.1. The van der Waals surface area contributed by atoms with Crippen molar-refractivity contribution in [1.82, 2.24) is 10.2 Å². The zero-order valence-corrected chi connectivity index (χ0v) is 20.7. The molecule has 1 aromatic rings. The third-order valence-electron chi connectivity index (χ3n) is 4.70. The van der Waals surface area contributed by atoms with Crippen LogP contribution in [-0.2, 0) is 27.7 Å². The molecule has 1 saturated heterocycles. The predicted octanol–water partition coefficient (Wildman–Crippen LogP) is 3.20. The molecule has 0 aliphatic carbocycles. The van der Waals surface area contributed by atoms with Crippen molar-refractivity contribution in [3.8, 4) is 0 Å². The molecular weight excluding hydrogens is 489 g/mol. The van der Waals surface area contributed by atoms with Crippen molar-refractivity contribution >= 4 is 39.8 Å². The first-order valence-electron chi connectivity index (χ1n) is 9.59. The van der Waals surface area contributed by atoms with Gasteiger partial charge in [0, 0.05) is 19.6 Å². The van der Waals surface area contributed by atoms with Crippen LogP contribution in [0.25, 0.3) is 0 Å². The van der Waals surface area contributed by atoms with Gasteiger partial charge >= 0.3 is 0 Å². The molecule has 8 heteroatoms. The highest BCUT2D eigenvalue weighted by molar-refractivity contribution is 14.0. The lowest BCUT2D eigenvalue weighted by Crippen LogP contribution is -2.57. The van der Waals surface area contributed by atoms with Crippen LogP contribution >= 0.6 is 24.0 Å². The fourth-order valence-electron chi connectivity index (χ4n) is 2.92. The molecule has 1 aliphatic heterocycles. The lowest BCUT2D eigenvalue weighted by Gasteiger charge is -2.39. The van der Waals surface area contributed by atoms with Crippen LogP contribution in [-0.4, -0.2) is 55.5 Å². The van der Waals surface area contributed by atoms with Gasteiger partial charge < -0.3 is 15.0 Å². The summed E-state index contributed by atoms with van der Waals surface area (Å²) >= 11 is 0. The number of aliphatic imine (C=N–C) groups is 1. The molecule has 160 valence electrons. The molecule has 1 heterocycles.